The van der Waals surface area contributed by atoms with Crippen LogP contribution >= 0.6 is 0 Å². The normalized spacial score (nSPS) is 27.3. The Balaban J connectivity index is 1.27. The molecule has 2 saturated heterocycles. The highest BCUT2D eigenvalue weighted by Gasteiger charge is 2.57. The quantitative estimate of drug-likeness (QED) is 0.859. The summed E-state index contributed by atoms with van der Waals surface area (Å²) in [5.41, 5.74) is 1.49. The van der Waals surface area contributed by atoms with Crippen molar-refractivity contribution in [3.8, 4) is 5.75 Å². The van der Waals surface area contributed by atoms with Crippen molar-refractivity contribution in [2.45, 2.75) is 25.7 Å². The molecule has 0 bridgehead atoms. The summed E-state index contributed by atoms with van der Waals surface area (Å²) in [6, 6.07) is 8.18. The van der Waals surface area contributed by atoms with E-state index in [0.29, 0.717) is 11.3 Å². The monoisotopic (exact) mass is 343 g/mol. The van der Waals surface area contributed by atoms with E-state index in [2.05, 4.69) is 27.7 Å². The average Bonchev–Trinajstić information content (AvgIpc) is 3.14. The molecule has 5 nitrogen and oxygen atoms in total. The van der Waals surface area contributed by atoms with Crippen molar-refractivity contribution in [1.29, 1.82) is 0 Å². The van der Waals surface area contributed by atoms with Crippen LogP contribution in [0.2, 0.25) is 0 Å². The van der Waals surface area contributed by atoms with Crippen LogP contribution in [-0.2, 0) is 4.79 Å². The lowest BCUT2D eigenvalue weighted by atomic mass is 9.91. The number of carbonyl (C=O) groups excluding carboxylic acids is 1. The number of nitrogens with zero attached hydrogens (tertiary/aromatic N) is 1. The summed E-state index contributed by atoms with van der Waals surface area (Å²) >= 11 is 0. The minimum Gasteiger partial charge on any atom is -0.495 e. The van der Waals surface area contributed by atoms with Crippen molar-refractivity contribution in [3.05, 3.63) is 24.3 Å². The molecule has 0 radical (unpaired) electrons. The van der Waals surface area contributed by atoms with Gasteiger partial charge >= 0.3 is 0 Å². The third kappa shape index (κ3) is 3.34. The van der Waals surface area contributed by atoms with Gasteiger partial charge in [-0.15, -0.1) is 0 Å². The molecular weight excluding hydrogens is 314 g/mol. The fourth-order valence-corrected chi connectivity index (χ4v) is 4.67. The minimum absolute atomic E-state index is 0.265. The third-order valence-electron chi connectivity index (χ3n) is 6.38. The maximum Gasteiger partial charge on any atom is 0.223 e. The molecule has 1 aliphatic carbocycles. The molecule has 2 aliphatic heterocycles. The van der Waals surface area contributed by atoms with Crippen LogP contribution in [0, 0.1) is 17.3 Å². The minimum atomic E-state index is 0.265. The molecule has 2 heterocycles. The van der Waals surface area contributed by atoms with Crippen LogP contribution in [0.4, 0.5) is 5.69 Å². The molecule has 1 aromatic rings. The van der Waals surface area contributed by atoms with Gasteiger partial charge in [0.1, 0.15) is 5.75 Å². The molecule has 2 unspecified atom stereocenters. The van der Waals surface area contributed by atoms with Gasteiger partial charge in [0, 0.05) is 25.6 Å². The molecule has 1 amide bonds. The van der Waals surface area contributed by atoms with Crippen LogP contribution in [0.1, 0.15) is 25.7 Å². The lowest BCUT2D eigenvalue weighted by Gasteiger charge is -2.23. The fourth-order valence-electron chi connectivity index (χ4n) is 4.67. The zero-order valence-electron chi connectivity index (χ0n) is 15.1. The Labute approximate surface area is 150 Å². The summed E-state index contributed by atoms with van der Waals surface area (Å²) in [5, 5.41) is 6.64. The lowest BCUT2D eigenvalue weighted by molar-refractivity contribution is -0.123. The van der Waals surface area contributed by atoms with Gasteiger partial charge in [0.25, 0.3) is 0 Å². The van der Waals surface area contributed by atoms with Crippen molar-refractivity contribution >= 4 is 11.6 Å². The molecule has 136 valence electrons. The SMILES string of the molecule is COc1ccccc1N1CCC(CNC(=O)C2CC23CCNCC3)C1. The number of methoxy groups -OCH3 is 1. The second-order valence-electron chi connectivity index (χ2n) is 7.89. The molecule has 2 N–H and O–H groups in total. The predicted octanol–water partition coefficient (Wildman–Crippen LogP) is 2.03. The van der Waals surface area contributed by atoms with Gasteiger partial charge in [-0.25, -0.2) is 0 Å². The second kappa shape index (κ2) is 6.87. The highest BCUT2D eigenvalue weighted by atomic mass is 16.5. The number of piperidine rings is 1. The molecule has 2 atom stereocenters. The van der Waals surface area contributed by atoms with Crippen LogP contribution in [0.15, 0.2) is 24.3 Å². The molecular formula is C20H29N3O2. The van der Waals surface area contributed by atoms with Crippen molar-refractivity contribution in [1.82, 2.24) is 10.6 Å². The highest BCUT2D eigenvalue weighted by molar-refractivity contribution is 5.82. The van der Waals surface area contributed by atoms with E-state index < -0.39 is 0 Å². The molecule has 25 heavy (non-hydrogen) atoms. The summed E-state index contributed by atoms with van der Waals surface area (Å²) in [5.74, 6) is 2.01. The maximum absolute atomic E-state index is 12.5. The van der Waals surface area contributed by atoms with Gasteiger partial charge in [0.15, 0.2) is 0 Å². The first-order chi connectivity index (χ1) is 12.2. The summed E-state index contributed by atoms with van der Waals surface area (Å²) in [6.45, 7) is 4.95. The Morgan fingerprint density at radius 3 is 2.96 bits per heavy atom. The van der Waals surface area contributed by atoms with E-state index in [-0.39, 0.29) is 11.8 Å². The van der Waals surface area contributed by atoms with Crippen molar-refractivity contribution in [3.63, 3.8) is 0 Å². The molecule has 4 rings (SSSR count). The third-order valence-corrected chi connectivity index (χ3v) is 6.38. The maximum atomic E-state index is 12.5. The van der Waals surface area contributed by atoms with Crippen LogP contribution in [0.5, 0.6) is 5.75 Å². The van der Waals surface area contributed by atoms with Crippen LogP contribution in [-0.4, -0.2) is 45.7 Å². The molecule has 1 aromatic carbocycles. The number of para-hydroxylation sites is 2. The molecule has 1 saturated carbocycles. The van der Waals surface area contributed by atoms with E-state index in [1.54, 1.807) is 7.11 Å². The number of nitrogens with one attached hydrogen (secondary N) is 2. The number of amides is 1. The predicted molar refractivity (Wildman–Crippen MR) is 99.0 cm³/mol. The molecule has 3 fully saturated rings. The first kappa shape index (κ1) is 16.7. The first-order valence-corrected chi connectivity index (χ1v) is 9.58. The second-order valence-corrected chi connectivity index (χ2v) is 7.89. The van der Waals surface area contributed by atoms with Gasteiger partial charge in [-0.05, 0) is 62.2 Å². The van der Waals surface area contributed by atoms with Crippen LogP contribution in [0.25, 0.3) is 0 Å². The fraction of sp³-hybridized carbons (Fsp3) is 0.650. The summed E-state index contributed by atoms with van der Waals surface area (Å²) in [6.07, 6.45) is 4.54. The van der Waals surface area contributed by atoms with Crippen molar-refractivity contribution < 1.29 is 9.53 Å². The molecule has 3 aliphatic rings. The average molecular weight is 343 g/mol. The summed E-state index contributed by atoms with van der Waals surface area (Å²) in [4.78, 5) is 14.9. The number of benzene rings is 1. The Hall–Kier alpha value is -1.75. The topological polar surface area (TPSA) is 53.6 Å². The van der Waals surface area contributed by atoms with Gasteiger partial charge in [0.2, 0.25) is 5.91 Å². The molecule has 0 aromatic heterocycles. The number of ether oxygens (including phenoxy) is 1. The molecule has 5 heteroatoms. The zero-order valence-corrected chi connectivity index (χ0v) is 15.1. The number of hydrogen-bond acceptors (Lipinski definition) is 4. The van der Waals surface area contributed by atoms with Gasteiger partial charge < -0.3 is 20.3 Å². The number of anilines is 1. The van der Waals surface area contributed by atoms with E-state index >= 15 is 0 Å². The van der Waals surface area contributed by atoms with Gasteiger partial charge in [-0.3, -0.25) is 4.79 Å². The largest absolute Gasteiger partial charge is 0.495 e. The number of carbonyl (C=O) groups is 1. The van der Waals surface area contributed by atoms with Gasteiger partial charge in [0.05, 0.1) is 12.8 Å². The highest BCUT2D eigenvalue weighted by Crippen LogP contribution is 2.58. The summed E-state index contributed by atoms with van der Waals surface area (Å²) in [7, 11) is 1.72. The first-order valence-electron chi connectivity index (χ1n) is 9.58. The standard InChI is InChI=1S/C20H29N3O2/c1-25-18-5-3-2-4-17(18)23-11-6-15(14-23)13-22-19(24)16-12-20(16)7-9-21-10-8-20/h2-5,15-16,21H,6-14H2,1H3,(H,22,24). The zero-order chi connectivity index (χ0) is 17.3. The smallest absolute Gasteiger partial charge is 0.223 e. The molecule has 1 spiro atoms. The Bertz CT molecular complexity index is 627. The lowest BCUT2D eigenvalue weighted by Crippen LogP contribution is -2.36. The van der Waals surface area contributed by atoms with Crippen molar-refractivity contribution in [2.75, 3.05) is 44.7 Å². The van der Waals surface area contributed by atoms with Crippen molar-refractivity contribution in [2.24, 2.45) is 17.3 Å². The van der Waals surface area contributed by atoms with E-state index in [4.69, 9.17) is 4.74 Å². The Morgan fingerprint density at radius 1 is 1.36 bits per heavy atom. The summed E-state index contributed by atoms with van der Waals surface area (Å²) < 4.78 is 5.48. The van der Waals surface area contributed by atoms with E-state index in [1.807, 2.05) is 12.1 Å². The van der Waals surface area contributed by atoms with Crippen LogP contribution in [0.3, 0.4) is 0 Å². The number of hydrogen-bond donors (Lipinski definition) is 2. The van der Waals surface area contributed by atoms with Gasteiger partial charge in [-0.2, -0.15) is 0 Å². The van der Waals surface area contributed by atoms with E-state index in [1.165, 1.54) is 0 Å². The van der Waals surface area contributed by atoms with E-state index in [0.717, 1.165) is 69.8 Å². The van der Waals surface area contributed by atoms with E-state index in [9.17, 15) is 4.79 Å². The number of rotatable bonds is 5. The Morgan fingerprint density at radius 2 is 2.16 bits per heavy atom. The Kier molecular flexibility index (Phi) is 4.59. The van der Waals surface area contributed by atoms with Gasteiger partial charge in [-0.1, -0.05) is 12.1 Å². The van der Waals surface area contributed by atoms with Crippen LogP contribution < -0.4 is 20.3 Å².